The Morgan fingerprint density at radius 3 is 2.60 bits per heavy atom. The summed E-state index contributed by atoms with van der Waals surface area (Å²) < 4.78 is 5.56. The summed E-state index contributed by atoms with van der Waals surface area (Å²) >= 11 is 0.906. The van der Waals surface area contributed by atoms with E-state index in [9.17, 15) is 14.4 Å². The maximum atomic E-state index is 12.7. The van der Waals surface area contributed by atoms with Crippen LogP contribution in [0.3, 0.4) is 0 Å². The normalized spacial score (nSPS) is 14.5. The number of carbonyl (C=O) groups is 3. The van der Waals surface area contributed by atoms with Crippen LogP contribution in [0, 0.1) is 0 Å². The van der Waals surface area contributed by atoms with Gasteiger partial charge in [0.05, 0.1) is 11.5 Å². The van der Waals surface area contributed by atoms with Crippen LogP contribution in [0.4, 0.5) is 10.5 Å². The maximum absolute atomic E-state index is 12.7. The molecule has 11 heteroatoms. The van der Waals surface area contributed by atoms with Gasteiger partial charge in [-0.05, 0) is 83.1 Å². The Morgan fingerprint density at radius 2 is 1.91 bits per heavy atom. The molecule has 4 rings (SSSR count). The van der Waals surface area contributed by atoms with Gasteiger partial charge in [-0.2, -0.15) is 0 Å². The van der Waals surface area contributed by atoms with Crippen LogP contribution < -0.4 is 10.1 Å². The zero-order valence-electron chi connectivity index (χ0n) is 19.1. The Labute approximate surface area is 206 Å². The molecule has 3 aromatic rings. The zero-order chi connectivity index (χ0) is 24.6. The maximum Gasteiger partial charge on any atom is 0.293 e. The second-order valence-corrected chi connectivity index (χ2v) is 8.72. The molecule has 180 valence electrons. The number of nitrogens with zero attached hydrogens (tertiary/aromatic N) is 4. The third kappa shape index (κ3) is 6.33. The van der Waals surface area contributed by atoms with Crippen LogP contribution in [0.1, 0.15) is 31.7 Å². The van der Waals surface area contributed by atoms with E-state index in [2.05, 4.69) is 25.9 Å². The molecule has 1 aliphatic heterocycles. The van der Waals surface area contributed by atoms with Crippen molar-refractivity contribution in [2.75, 3.05) is 18.5 Å². The monoisotopic (exact) mass is 492 g/mol. The van der Waals surface area contributed by atoms with Crippen LogP contribution in [0.5, 0.6) is 5.75 Å². The highest BCUT2D eigenvalue weighted by atomic mass is 32.2. The minimum absolute atomic E-state index is 0.174. The molecular weight excluding hydrogens is 468 g/mol. The number of ether oxygens (including phenoxy) is 1. The van der Waals surface area contributed by atoms with Crippen LogP contribution in [-0.2, 0) is 9.59 Å². The van der Waals surface area contributed by atoms with Crippen LogP contribution in [0.25, 0.3) is 17.5 Å². The number of anilines is 1. The molecule has 2 N–H and O–H groups in total. The number of hydrogen-bond donors (Lipinski definition) is 2. The van der Waals surface area contributed by atoms with E-state index in [4.69, 9.17) is 4.74 Å². The Kier molecular flexibility index (Phi) is 7.88. The lowest BCUT2D eigenvalue weighted by Crippen LogP contribution is -2.29. The van der Waals surface area contributed by atoms with Crippen molar-refractivity contribution in [3.63, 3.8) is 0 Å². The van der Waals surface area contributed by atoms with Crippen LogP contribution in [0.2, 0.25) is 0 Å². The van der Waals surface area contributed by atoms with Gasteiger partial charge in [-0.25, -0.2) is 5.10 Å². The zero-order valence-corrected chi connectivity index (χ0v) is 19.9. The SMILES string of the molecule is CCCOc1ccc(/C=C2\SC(=O)N(CCCC(=O)Nc3ccc(-c4nnn[nH]4)cc3)C2=O)cc1. The predicted octanol–water partition coefficient (Wildman–Crippen LogP) is 4.11. The Hall–Kier alpha value is -3.99. The molecule has 35 heavy (non-hydrogen) atoms. The fourth-order valence-electron chi connectivity index (χ4n) is 3.34. The molecule has 3 amide bonds. The number of nitrogens with one attached hydrogen (secondary N) is 2. The Morgan fingerprint density at radius 1 is 1.14 bits per heavy atom. The molecule has 0 aliphatic carbocycles. The van der Waals surface area contributed by atoms with E-state index in [0.29, 0.717) is 29.4 Å². The van der Waals surface area contributed by atoms with E-state index in [0.717, 1.165) is 35.1 Å². The van der Waals surface area contributed by atoms with Crippen molar-refractivity contribution in [3.8, 4) is 17.1 Å². The summed E-state index contributed by atoms with van der Waals surface area (Å²) in [5.41, 5.74) is 2.23. The van der Waals surface area contributed by atoms with Crippen molar-refractivity contribution in [2.45, 2.75) is 26.2 Å². The molecule has 0 unspecified atom stereocenters. The first-order chi connectivity index (χ1) is 17.0. The highest BCUT2D eigenvalue weighted by Crippen LogP contribution is 2.32. The minimum atomic E-state index is -0.343. The standard InChI is InChI=1S/C24H24N6O4S/c1-2-14-34-19-11-5-16(6-12-19)15-20-23(32)30(24(33)35-20)13-3-4-21(31)25-18-9-7-17(8-10-18)22-26-28-29-27-22/h5-12,15H,2-4,13-14H2,1H3,(H,25,31)(H,26,27,28,29)/b20-15-. The molecule has 10 nitrogen and oxygen atoms in total. The molecule has 1 aliphatic rings. The number of imide groups is 1. The number of carbonyl (C=O) groups excluding carboxylic acids is 3. The Bertz CT molecular complexity index is 1210. The van der Waals surface area contributed by atoms with Crippen molar-refractivity contribution in [2.24, 2.45) is 0 Å². The van der Waals surface area contributed by atoms with Gasteiger partial charge in [-0.1, -0.05) is 19.1 Å². The topological polar surface area (TPSA) is 130 Å². The predicted molar refractivity (Wildman–Crippen MR) is 132 cm³/mol. The van der Waals surface area contributed by atoms with E-state index < -0.39 is 0 Å². The average molecular weight is 493 g/mol. The summed E-state index contributed by atoms with van der Waals surface area (Å²) in [7, 11) is 0. The van der Waals surface area contributed by atoms with Gasteiger partial charge in [0, 0.05) is 24.2 Å². The molecular formula is C24H24N6O4S. The number of H-pyrrole nitrogens is 1. The number of aromatic nitrogens is 4. The lowest BCUT2D eigenvalue weighted by molar-refractivity contribution is -0.123. The van der Waals surface area contributed by atoms with Crippen molar-refractivity contribution < 1.29 is 19.1 Å². The molecule has 1 saturated heterocycles. The largest absolute Gasteiger partial charge is 0.494 e. The van der Waals surface area contributed by atoms with Crippen molar-refractivity contribution >= 4 is 40.6 Å². The van der Waals surface area contributed by atoms with Crippen molar-refractivity contribution in [1.29, 1.82) is 0 Å². The molecule has 0 atom stereocenters. The van der Waals surface area contributed by atoms with E-state index in [1.165, 1.54) is 4.90 Å². The fourth-order valence-corrected chi connectivity index (χ4v) is 4.20. The summed E-state index contributed by atoms with van der Waals surface area (Å²) in [6, 6.07) is 14.4. The van der Waals surface area contributed by atoms with Crippen LogP contribution >= 0.6 is 11.8 Å². The number of benzene rings is 2. The number of hydrogen-bond acceptors (Lipinski definition) is 8. The first-order valence-corrected chi connectivity index (χ1v) is 12.0. The number of amides is 3. The molecule has 1 aromatic heterocycles. The Balaban J connectivity index is 1.25. The van der Waals surface area contributed by atoms with Crippen molar-refractivity contribution in [1.82, 2.24) is 25.5 Å². The summed E-state index contributed by atoms with van der Waals surface area (Å²) in [5.74, 6) is 0.752. The van der Waals surface area contributed by atoms with Crippen LogP contribution in [0.15, 0.2) is 53.4 Å². The molecule has 0 spiro atoms. The van der Waals surface area contributed by atoms with Gasteiger partial charge in [0.1, 0.15) is 5.75 Å². The lowest BCUT2D eigenvalue weighted by atomic mass is 10.2. The highest BCUT2D eigenvalue weighted by Gasteiger charge is 2.34. The van der Waals surface area contributed by atoms with Gasteiger partial charge in [0.2, 0.25) is 5.91 Å². The molecule has 2 heterocycles. The summed E-state index contributed by atoms with van der Waals surface area (Å²) in [6.45, 7) is 2.86. The van der Waals surface area contributed by atoms with Gasteiger partial charge in [0.15, 0.2) is 5.82 Å². The van der Waals surface area contributed by atoms with Gasteiger partial charge < -0.3 is 10.1 Å². The van der Waals surface area contributed by atoms with Gasteiger partial charge in [-0.15, -0.1) is 5.10 Å². The first-order valence-electron chi connectivity index (χ1n) is 11.2. The third-order valence-electron chi connectivity index (χ3n) is 5.10. The van der Waals surface area contributed by atoms with E-state index >= 15 is 0 Å². The van der Waals surface area contributed by atoms with Crippen molar-refractivity contribution in [3.05, 3.63) is 59.0 Å². The van der Waals surface area contributed by atoms with Gasteiger partial charge in [-0.3, -0.25) is 19.3 Å². The summed E-state index contributed by atoms with van der Waals surface area (Å²) in [4.78, 5) is 38.9. The molecule has 0 bridgehead atoms. The molecule has 1 fully saturated rings. The summed E-state index contributed by atoms with van der Waals surface area (Å²) in [6.07, 6.45) is 3.16. The smallest absolute Gasteiger partial charge is 0.293 e. The summed E-state index contributed by atoms with van der Waals surface area (Å²) in [5, 5.41) is 16.0. The number of thioether (sulfide) groups is 1. The quantitative estimate of drug-likeness (QED) is 0.404. The fraction of sp³-hybridized carbons (Fsp3) is 0.250. The lowest BCUT2D eigenvalue weighted by Gasteiger charge is -2.12. The van der Waals surface area contributed by atoms with Gasteiger partial charge >= 0.3 is 0 Å². The number of rotatable bonds is 10. The van der Waals surface area contributed by atoms with E-state index in [1.54, 1.807) is 30.3 Å². The molecule has 2 aromatic carbocycles. The van der Waals surface area contributed by atoms with Gasteiger partial charge in [0.25, 0.3) is 11.1 Å². The second kappa shape index (κ2) is 11.4. The minimum Gasteiger partial charge on any atom is -0.494 e. The molecule has 0 saturated carbocycles. The number of aromatic amines is 1. The highest BCUT2D eigenvalue weighted by molar-refractivity contribution is 8.18. The first kappa shape index (κ1) is 24.1. The third-order valence-corrected chi connectivity index (χ3v) is 6.00. The second-order valence-electron chi connectivity index (χ2n) is 7.73. The van der Waals surface area contributed by atoms with Crippen LogP contribution in [-0.4, -0.2) is 55.7 Å². The average Bonchev–Trinajstić information content (AvgIpc) is 3.49. The molecule has 0 radical (unpaired) electrons. The van der Waals surface area contributed by atoms with E-state index in [1.807, 2.05) is 31.2 Å². The number of tetrazole rings is 1. The van der Waals surface area contributed by atoms with E-state index in [-0.39, 0.29) is 30.0 Å².